The molecule has 0 saturated carbocycles. The number of carbonyl (C=O) groups is 1. The lowest BCUT2D eigenvalue weighted by molar-refractivity contribution is -0.117. The van der Waals surface area contributed by atoms with Crippen molar-refractivity contribution in [3.63, 3.8) is 0 Å². The summed E-state index contributed by atoms with van der Waals surface area (Å²) in [5, 5.41) is 4.68. The minimum atomic E-state index is -3.50. The van der Waals surface area contributed by atoms with Crippen molar-refractivity contribution >= 4 is 50.9 Å². The normalized spacial score (nSPS) is 16.2. The molecular formula is C20H21Cl2N3O3S. The fraction of sp³-hybridized carbons (Fsp3) is 0.250. The second-order valence-corrected chi connectivity index (χ2v) is 9.21. The Balaban J connectivity index is 1.52. The Morgan fingerprint density at radius 3 is 2.21 bits per heavy atom. The number of hydrogen-bond donors (Lipinski definition) is 1. The van der Waals surface area contributed by atoms with Crippen LogP contribution in [0, 0.1) is 0 Å². The maximum Gasteiger partial charge on any atom is 0.238 e. The van der Waals surface area contributed by atoms with Crippen LogP contribution in [0.15, 0.2) is 53.9 Å². The van der Waals surface area contributed by atoms with Crippen molar-refractivity contribution in [2.24, 2.45) is 0 Å². The molecule has 0 aromatic heterocycles. The number of anilines is 1. The molecule has 0 radical (unpaired) electrons. The van der Waals surface area contributed by atoms with Crippen LogP contribution in [0.2, 0.25) is 10.0 Å². The molecular weight excluding hydrogens is 433 g/mol. The van der Waals surface area contributed by atoms with Crippen LogP contribution in [0.25, 0.3) is 6.08 Å². The van der Waals surface area contributed by atoms with Crippen LogP contribution in [-0.2, 0) is 14.8 Å². The van der Waals surface area contributed by atoms with E-state index in [9.17, 15) is 13.2 Å². The Hall–Kier alpha value is -1.90. The van der Waals surface area contributed by atoms with E-state index in [1.165, 1.54) is 9.71 Å². The first-order valence-electron chi connectivity index (χ1n) is 9.05. The van der Waals surface area contributed by atoms with Crippen molar-refractivity contribution < 1.29 is 13.2 Å². The molecule has 0 spiro atoms. The molecule has 3 rings (SSSR count). The quantitative estimate of drug-likeness (QED) is 0.725. The zero-order valence-electron chi connectivity index (χ0n) is 15.6. The predicted octanol–water partition coefficient (Wildman–Crippen LogP) is 3.55. The molecule has 1 heterocycles. The third-order valence-electron chi connectivity index (χ3n) is 4.52. The van der Waals surface area contributed by atoms with Gasteiger partial charge in [0.25, 0.3) is 0 Å². The van der Waals surface area contributed by atoms with E-state index in [-0.39, 0.29) is 12.5 Å². The number of benzene rings is 2. The molecule has 2 aromatic rings. The minimum Gasteiger partial charge on any atom is -0.322 e. The molecule has 0 unspecified atom stereocenters. The Morgan fingerprint density at radius 2 is 1.59 bits per heavy atom. The van der Waals surface area contributed by atoms with Crippen molar-refractivity contribution in [1.82, 2.24) is 9.21 Å². The fourth-order valence-corrected chi connectivity index (χ4v) is 4.62. The van der Waals surface area contributed by atoms with Gasteiger partial charge in [-0.1, -0.05) is 59.6 Å². The molecule has 1 aliphatic rings. The highest BCUT2D eigenvalue weighted by atomic mass is 35.5. The monoisotopic (exact) mass is 453 g/mol. The lowest BCUT2D eigenvalue weighted by atomic mass is 10.2. The summed E-state index contributed by atoms with van der Waals surface area (Å²) in [7, 11) is -3.50. The van der Waals surface area contributed by atoms with E-state index in [2.05, 4.69) is 5.32 Å². The standard InChI is InChI=1S/C20H21Cl2N3O3S/c21-17-7-4-8-18(22)20(17)23-19(26)15-24-10-12-25(13-11-24)29(27,28)14-9-16-5-2-1-3-6-16/h1-9,14H,10-13,15H2,(H,23,26)/b14-9+. The Morgan fingerprint density at radius 1 is 0.966 bits per heavy atom. The number of sulfonamides is 1. The van der Waals surface area contributed by atoms with Crippen LogP contribution in [0.1, 0.15) is 5.56 Å². The van der Waals surface area contributed by atoms with E-state index in [1.807, 2.05) is 35.2 Å². The molecule has 2 aromatic carbocycles. The number of amides is 1. The Bertz CT molecular complexity index is 969. The SMILES string of the molecule is O=C(CN1CCN(S(=O)(=O)/C=C/c2ccccc2)CC1)Nc1c(Cl)cccc1Cl. The smallest absolute Gasteiger partial charge is 0.238 e. The third kappa shape index (κ3) is 6.04. The first-order valence-corrected chi connectivity index (χ1v) is 11.3. The number of nitrogens with zero attached hydrogens (tertiary/aromatic N) is 2. The Kier molecular flexibility index (Phi) is 7.32. The second kappa shape index (κ2) is 9.73. The van der Waals surface area contributed by atoms with E-state index >= 15 is 0 Å². The van der Waals surface area contributed by atoms with Crippen LogP contribution in [-0.4, -0.2) is 56.3 Å². The van der Waals surface area contributed by atoms with E-state index in [4.69, 9.17) is 23.2 Å². The molecule has 1 fully saturated rings. The summed E-state index contributed by atoms with van der Waals surface area (Å²) in [5.41, 5.74) is 1.21. The van der Waals surface area contributed by atoms with Crippen LogP contribution >= 0.6 is 23.2 Å². The first-order chi connectivity index (χ1) is 13.8. The van der Waals surface area contributed by atoms with Crippen LogP contribution < -0.4 is 5.32 Å². The first kappa shape index (κ1) is 21.8. The summed E-state index contributed by atoms with van der Waals surface area (Å²) in [6, 6.07) is 14.3. The molecule has 0 aliphatic carbocycles. The summed E-state index contributed by atoms with van der Waals surface area (Å²) in [6.07, 6.45) is 1.59. The lowest BCUT2D eigenvalue weighted by Crippen LogP contribution is -2.49. The van der Waals surface area contributed by atoms with E-state index in [0.717, 1.165) is 5.56 Å². The van der Waals surface area contributed by atoms with Crippen molar-refractivity contribution in [1.29, 1.82) is 0 Å². The van der Waals surface area contributed by atoms with Gasteiger partial charge in [-0.15, -0.1) is 0 Å². The molecule has 1 aliphatic heterocycles. The van der Waals surface area contributed by atoms with Gasteiger partial charge >= 0.3 is 0 Å². The molecule has 29 heavy (non-hydrogen) atoms. The fourth-order valence-electron chi connectivity index (χ4n) is 2.96. The number of piperazine rings is 1. The summed E-state index contributed by atoms with van der Waals surface area (Å²) < 4.78 is 26.5. The van der Waals surface area contributed by atoms with E-state index in [1.54, 1.807) is 24.3 Å². The van der Waals surface area contributed by atoms with Gasteiger partial charge in [0.15, 0.2) is 0 Å². The zero-order chi connectivity index (χ0) is 20.9. The molecule has 1 saturated heterocycles. The Labute approximate surface area is 180 Å². The maximum atomic E-state index is 12.5. The van der Waals surface area contributed by atoms with Gasteiger partial charge in [0.1, 0.15) is 0 Å². The van der Waals surface area contributed by atoms with Gasteiger partial charge in [-0.2, -0.15) is 4.31 Å². The number of nitrogens with one attached hydrogen (secondary N) is 1. The number of para-hydroxylation sites is 1. The summed E-state index contributed by atoms with van der Waals surface area (Å²) >= 11 is 12.1. The van der Waals surface area contributed by atoms with Gasteiger partial charge < -0.3 is 5.32 Å². The van der Waals surface area contributed by atoms with E-state index < -0.39 is 10.0 Å². The number of halogens is 2. The topological polar surface area (TPSA) is 69.7 Å². The number of carbonyl (C=O) groups excluding carboxylic acids is 1. The average Bonchev–Trinajstić information content (AvgIpc) is 2.71. The van der Waals surface area contributed by atoms with Gasteiger partial charge in [-0.25, -0.2) is 8.42 Å². The van der Waals surface area contributed by atoms with Gasteiger partial charge in [0, 0.05) is 31.6 Å². The van der Waals surface area contributed by atoms with Crippen LogP contribution in [0.5, 0.6) is 0 Å². The number of rotatable bonds is 6. The van der Waals surface area contributed by atoms with Gasteiger partial charge in [-0.3, -0.25) is 9.69 Å². The summed E-state index contributed by atoms with van der Waals surface area (Å²) in [6.45, 7) is 1.70. The predicted molar refractivity (Wildman–Crippen MR) is 118 cm³/mol. The number of hydrogen-bond acceptors (Lipinski definition) is 4. The summed E-state index contributed by atoms with van der Waals surface area (Å²) in [5.74, 6) is -0.250. The zero-order valence-corrected chi connectivity index (χ0v) is 17.9. The van der Waals surface area contributed by atoms with Crippen LogP contribution in [0.3, 0.4) is 0 Å². The van der Waals surface area contributed by atoms with Gasteiger partial charge in [-0.05, 0) is 23.8 Å². The second-order valence-electron chi connectivity index (χ2n) is 6.58. The molecule has 9 heteroatoms. The summed E-state index contributed by atoms with van der Waals surface area (Å²) in [4.78, 5) is 14.2. The lowest BCUT2D eigenvalue weighted by Gasteiger charge is -2.32. The average molecular weight is 454 g/mol. The molecule has 1 N–H and O–H groups in total. The van der Waals surface area contributed by atoms with Crippen molar-refractivity contribution in [2.45, 2.75) is 0 Å². The van der Waals surface area contributed by atoms with Crippen molar-refractivity contribution in [2.75, 3.05) is 38.0 Å². The van der Waals surface area contributed by atoms with Crippen LogP contribution in [0.4, 0.5) is 5.69 Å². The third-order valence-corrected chi connectivity index (χ3v) is 6.71. The highest BCUT2D eigenvalue weighted by Crippen LogP contribution is 2.29. The molecule has 154 valence electrons. The van der Waals surface area contributed by atoms with Gasteiger partial charge in [0.05, 0.1) is 22.3 Å². The maximum absolute atomic E-state index is 12.5. The molecule has 6 nitrogen and oxygen atoms in total. The molecule has 1 amide bonds. The van der Waals surface area contributed by atoms with Gasteiger partial charge in [0.2, 0.25) is 15.9 Å². The molecule has 0 atom stereocenters. The highest BCUT2D eigenvalue weighted by molar-refractivity contribution is 7.92. The van der Waals surface area contributed by atoms with Crippen molar-refractivity contribution in [3.05, 3.63) is 69.5 Å². The largest absolute Gasteiger partial charge is 0.322 e. The van der Waals surface area contributed by atoms with Crippen molar-refractivity contribution in [3.8, 4) is 0 Å². The minimum absolute atomic E-state index is 0.134. The van der Waals surface area contributed by atoms with E-state index in [0.29, 0.717) is 41.9 Å². The molecule has 0 bridgehead atoms. The highest BCUT2D eigenvalue weighted by Gasteiger charge is 2.26.